The first-order valence-corrected chi connectivity index (χ1v) is 7.15. The second-order valence-electron chi connectivity index (χ2n) is 5.16. The Bertz CT molecular complexity index is 363. The van der Waals surface area contributed by atoms with Crippen LogP contribution >= 0.6 is 0 Å². The van der Waals surface area contributed by atoms with Gasteiger partial charge in [-0.15, -0.1) is 0 Å². The molecular weight excluding hydrogens is 256 g/mol. The van der Waals surface area contributed by atoms with E-state index < -0.39 is 12.2 Å². The maximum absolute atomic E-state index is 9.83. The average molecular weight is 282 g/mol. The first-order valence-electron chi connectivity index (χ1n) is 7.15. The summed E-state index contributed by atoms with van der Waals surface area (Å²) in [5.74, 6) is 0.825. The van der Waals surface area contributed by atoms with Crippen molar-refractivity contribution in [3.8, 4) is 5.75 Å². The summed E-state index contributed by atoms with van der Waals surface area (Å²) in [7, 11) is 1.64. The molecule has 1 aromatic rings. The van der Waals surface area contributed by atoms with Gasteiger partial charge < -0.3 is 19.7 Å². The smallest absolute Gasteiger partial charge is 0.118 e. The van der Waals surface area contributed by atoms with Crippen molar-refractivity contribution in [2.75, 3.05) is 7.11 Å². The highest BCUT2D eigenvalue weighted by molar-refractivity contribution is 5.26. The highest BCUT2D eigenvalue weighted by atomic mass is 16.5. The van der Waals surface area contributed by atoms with Gasteiger partial charge in [-0.05, 0) is 43.9 Å². The predicted molar refractivity (Wildman–Crippen MR) is 78.8 cm³/mol. The SMILES string of the molecule is CC[C@@H](O)C[C@@H](O)C[C@@H](C)OCc1ccc(OC)cc1. The van der Waals surface area contributed by atoms with Gasteiger partial charge in [0.15, 0.2) is 0 Å². The van der Waals surface area contributed by atoms with E-state index in [1.807, 2.05) is 38.1 Å². The molecule has 0 fully saturated rings. The van der Waals surface area contributed by atoms with E-state index in [-0.39, 0.29) is 6.10 Å². The molecule has 0 amide bonds. The summed E-state index contributed by atoms with van der Waals surface area (Å²) in [6, 6.07) is 7.72. The van der Waals surface area contributed by atoms with Crippen LogP contribution < -0.4 is 4.74 Å². The minimum atomic E-state index is -0.518. The molecular formula is C16H26O4. The van der Waals surface area contributed by atoms with Crippen LogP contribution in [0.2, 0.25) is 0 Å². The molecule has 0 aliphatic rings. The number of aliphatic hydroxyl groups excluding tert-OH is 2. The quantitative estimate of drug-likeness (QED) is 0.730. The summed E-state index contributed by atoms with van der Waals surface area (Å²) in [5.41, 5.74) is 1.07. The second kappa shape index (κ2) is 8.95. The Kier molecular flexibility index (Phi) is 7.59. The van der Waals surface area contributed by atoms with Gasteiger partial charge in [0.1, 0.15) is 5.75 Å². The van der Waals surface area contributed by atoms with Crippen LogP contribution in [0.3, 0.4) is 0 Å². The van der Waals surface area contributed by atoms with Crippen molar-refractivity contribution in [1.29, 1.82) is 0 Å². The standard InChI is InChI=1S/C16H26O4/c1-4-14(17)10-15(18)9-12(2)20-11-13-5-7-16(19-3)8-6-13/h5-8,12,14-15,17-18H,4,9-11H2,1-3H3/t12-,14-,15+/m1/s1. The molecule has 4 nitrogen and oxygen atoms in total. The predicted octanol–water partition coefficient (Wildman–Crippen LogP) is 2.51. The van der Waals surface area contributed by atoms with Gasteiger partial charge in [-0.25, -0.2) is 0 Å². The molecule has 2 N–H and O–H groups in total. The summed E-state index contributed by atoms with van der Waals surface area (Å²) < 4.78 is 10.8. The molecule has 0 unspecified atom stereocenters. The van der Waals surface area contributed by atoms with Crippen molar-refractivity contribution in [2.45, 2.75) is 58.0 Å². The van der Waals surface area contributed by atoms with Crippen LogP contribution in [-0.2, 0) is 11.3 Å². The molecule has 0 aliphatic heterocycles. The first-order chi connectivity index (χ1) is 9.55. The van der Waals surface area contributed by atoms with Gasteiger partial charge in [0.2, 0.25) is 0 Å². The fraction of sp³-hybridized carbons (Fsp3) is 0.625. The van der Waals surface area contributed by atoms with Crippen molar-refractivity contribution < 1.29 is 19.7 Å². The molecule has 1 rings (SSSR count). The lowest BCUT2D eigenvalue weighted by Crippen LogP contribution is -2.22. The van der Waals surface area contributed by atoms with Gasteiger partial charge in [0.25, 0.3) is 0 Å². The normalized spacial score (nSPS) is 15.7. The molecule has 3 atom stereocenters. The first kappa shape index (κ1) is 17.0. The van der Waals surface area contributed by atoms with E-state index in [4.69, 9.17) is 9.47 Å². The Balaban J connectivity index is 2.29. The number of methoxy groups -OCH3 is 1. The Hall–Kier alpha value is -1.10. The van der Waals surface area contributed by atoms with Gasteiger partial charge in [-0.3, -0.25) is 0 Å². The molecule has 0 saturated heterocycles. The number of hydrogen-bond donors (Lipinski definition) is 2. The summed E-state index contributed by atoms with van der Waals surface area (Å²) in [6.45, 7) is 4.35. The molecule has 114 valence electrons. The second-order valence-corrected chi connectivity index (χ2v) is 5.16. The lowest BCUT2D eigenvalue weighted by Gasteiger charge is -2.19. The van der Waals surface area contributed by atoms with E-state index in [1.165, 1.54) is 0 Å². The molecule has 0 radical (unpaired) electrons. The third-order valence-corrected chi connectivity index (χ3v) is 3.31. The van der Waals surface area contributed by atoms with Gasteiger partial charge in [-0.1, -0.05) is 19.1 Å². The maximum Gasteiger partial charge on any atom is 0.118 e. The van der Waals surface area contributed by atoms with Crippen molar-refractivity contribution in [1.82, 2.24) is 0 Å². The van der Waals surface area contributed by atoms with E-state index in [2.05, 4.69) is 0 Å². The summed E-state index contributed by atoms with van der Waals surface area (Å²) >= 11 is 0. The molecule has 0 bridgehead atoms. The molecule has 20 heavy (non-hydrogen) atoms. The zero-order valence-corrected chi connectivity index (χ0v) is 12.6. The summed E-state index contributed by atoms with van der Waals surface area (Å²) in [6.07, 6.45) is 0.615. The average Bonchev–Trinajstić information content (AvgIpc) is 2.45. The van der Waals surface area contributed by atoms with Crippen molar-refractivity contribution in [2.24, 2.45) is 0 Å². The highest BCUT2D eigenvalue weighted by Gasteiger charge is 2.14. The Morgan fingerprint density at radius 3 is 2.25 bits per heavy atom. The largest absolute Gasteiger partial charge is 0.497 e. The van der Waals surface area contributed by atoms with Gasteiger partial charge in [0.05, 0.1) is 32.0 Å². The monoisotopic (exact) mass is 282 g/mol. The summed E-state index contributed by atoms with van der Waals surface area (Å²) in [4.78, 5) is 0. The molecule has 0 heterocycles. The summed E-state index contributed by atoms with van der Waals surface area (Å²) in [5, 5.41) is 19.3. The van der Waals surface area contributed by atoms with Crippen molar-refractivity contribution in [3.05, 3.63) is 29.8 Å². The van der Waals surface area contributed by atoms with E-state index in [1.54, 1.807) is 7.11 Å². The fourth-order valence-corrected chi connectivity index (χ4v) is 1.99. The van der Waals surface area contributed by atoms with E-state index >= 15 is 0 Å². The van der Waals surface area contributed by atoms with Crippen LogP contribution in [0.15, 0.2) is 24.3 Å². The molecule has 4 heteroatoms. The van der Waals surface area contributed by atoms with Crippen LogP contribution in [0, 0.1) is 0 Å². The maximum atomic E-state index is 9.83. The van der Waals surface area contributed by atoms with Crippen LogP contribution in [0.25, 0.3) is 0 Å². The third kappa shape index (κ3) is 6.37. The third-order valence-electron chi connectivity index (χ3n) is 3.31. The Morgan fingerprint density at radius 2 is 1.70 bits per heavy atom. The topological polar surface area (TPSA) is 58.9 Å². The minimum Gasteiger partial charge on any atom is -0.497 e. The lowest BCUT2D eigenvalue weighted by atomic mass is 10.0. The van der Waals surface area contributed by atoms with Crippen LogP contribution in [0.4, 0.5) is 0 Å². The molecule has 1 aromatic carbocycles. The van der Waals surface area contributed by atoms with Crippen LogP contribution in [0.5, 0.6) is 5.75 Å². The van der Waals surface area contributed by atoms with Crippen molar-refractivity contribution >= 4 is 0 Å². The fourth-order valence-electron chi connectivity index (χ4n) is 1.99. The van der Waals surface area contributed by atoms with Crippen LogP contribution in [-0.4, -0.2) is 35.6 Å². The number of aliphatic hydroxyl groups is 2. The highest BCUT2D eigenvalue weighted by Crippen LogP contribution is 2.14. The number of hydrogen-bond acceptors (Lipinski definition) is 4. The van der Waals surface area contributed by atoms with E-state index in [0.717, 1.165) is 11.3 Å². The van der Waals surface area contributed by atoms with Gasteiger partial charge in [-0.2, -0.15) is 0 Å². The van der Waals surface area contributed by atoms with E-state index in [9.17, 15) is 10.2 Å². The van der Waals surface area contributed by atoms with Crippen molar-refractivity contribution in [3.63, 3.8) is 0 Å². The minimum absolute atomic E-state index is 0.0452. The number of ether oxygens (including phenoxy) is 2. The molecule has 0 aromatic heterocycles. The van der Waals surface area contributed by atoms with Gasteiger partial charge in [0, 0.05) is 0 Å². The number of benzene rings is 1. The van der Waals surface area contributed by atoms with Crippen LogP contribution in [0.1, 0.15) is 38.7 Å². The molecule has 0 spiro atoms. The number of rotatable bonds is 9. The lowest BCUT2D eigenvalue weighted by molar-refractivity contribution is -0.000417. The Morgan fingerprint density at radius 1 is 1.05 bits per heavy atom. The van der Waals surface area contributed by atoms with Gasteiger partial charge >= 0.3 is 0 Å². The zero-order valence-electron chi connectivity index (χ0n) is 12.6. The molecule has 0 aliphatic carbocycles. The zero-order chi connectivity index (χ0) is 15.0. The van der Waals surface area contributed by atoms with E-state index in [0.29, 0.717) is 25.9 Å². The molecule has 0 saturated carbocycles. The Labute approximate surface area is 121 Å².